The summed E-state index contributed by atoms with van der Waals surface area (Å²) in [6.07, 6.45) is 9.51. The summed E-state index contributed by atoms with van der Waals surface area (Å²) >= 11 is 6.18. The first-order chi connectivity index (χ1) is 12.5. The van der Waals surface area contributed by atoms with Gasteiger partial charge in [-0.15, -0.1) is 0 Å². The van der Waals surface area contributed by atoms with E-state index in [0.29, 0.717) is 0 Å². The first-order valence-electron chi connectivity index (χ1n) is 10.0. The molecule has 1 saturated carbocycles. The van der Waals surface area contributed by atoms with Gasteiger partial charge in [0.15, 0.2) is 0 Å². The Bertz CT molecular complexity index is 661. The molecule has 2 N–H and O–H groups in total. The van der Waals surface area contributed by atoms with E-state index in [1.807, 2.05) is 38.1 Å². The Kier molecular flexibility index (Phi) is 6.77. The van der Waals surface area contributed by atoms with E-state index < -0.39 is 0 Å². The molecule has 142 valence electrons. The van der Waals surface area contributed by atoms with E-state index in [1.54, 1.807) is 0 Å². The van der Waals surface area contributed by atoms with Crippen LogP contribution in [0.2, 0.25) is 5.02 Å². The smallest absolute Gasteiger partial charge is 0.0455 e. The van der Waals surface area contributed by atoms with Crippen LogP contribution in [-0.4, -0.2) is 30.2 Å². The predicted octanol–water partition coefficient (Wildman–Crippen LogP) is 5.89. The molecule has 1 aromatic carbocycles. The van der Waals surface area contributed by atoms with Gasteiger partial charge in [-0.3, -0.25) is 0 Å². The van der Waals surface area contributed by atoms with E-state index in [1.165, 1.54) is 45.3 Å². The average Bonchev–Trinajstić information content (AvgIpc) is 3.08. The van der Waals surface area contributed by atoms with Gasteiger partial charge >= 0.3 is 0 Å². The molecular formula is C22H32ClN3. The predicted molar refractivity (Wildman–Crippen MR) is 112 cm³/mol. The molecule has 1 saturated heterocycles. The van der Waals surface area contributed by atoms with E-state index in [2.05, 4.69) is 10.2 Å². The fourth-order valence-electron chi connectivity index (χ4n) is 4.16. The molecule has 2 unspecified atom stereocenters. The summed E-state index contributed by atoms with van der Waals surface area (Å²) in [5, 5.41) is 12.4. The van der Waals surface area contributed by atoms with Crippen LogP contribution in [0.3, 0.4) is 0 Å². The molecule has 3 nitrogen and oxygen atoms in total. The molecule has 4 heteroatoms. The fourth-order valence-corrected chi connectivity index (χ4v) is 4.34. The SMILES string of the molecule is C/C(=C/C(=N)CCC1CCC1CN1CCCC1)Nc1ccc(C)c(Cl)c1. The van der Waals surface area contributed by atoms with Gasteiger partial charge in [0, 0.05) is 28.7 Å². The van der Waals surface area contributed by atoms with Gasteiger partial charge in [0.05, 0.1) is 0 Å². The number of anilines is 1. The standard InChI is InChI=1S/C22H32ClN3/c1-16-5-10-21(14-22(16)23)25-17(2)13-20(24)9-8-18-6-7-19(18)15-26-11-3-4-12-26/h5,10,13-14,18-19,24-25H,3-4,6-9,11-12,15H2,1-2H3/b17-13-,24-20?. The maximum Gasteiger partial charge on any atom is 0.0455 e. The molecule has 0 radical (unpaired) electrons. The Balaban J connectivity index is 1.42. The van der Waals surface area contributed by atoms with Crippen molar-refractivity contribution in [2.45, 2.75) is 52.4 Å². The van der Waals surface area contributed by atoms with E-state index in [-0.39, 0.29) is 0 Å². The van der Waals surface area contributed by atoms with Crippen LogP contribution in [0.15, 0.2) is 30.0 Å². The summed E-state index contributed by atoms with van der Waals surface area (Å²) in [5.74, 6) is 1.70. The number of benzene rings is 1. The topological polar surface area (TPSA) is 39.1 Å². The van der Waals surface area contributed by atoms with Crippen LogP contribution in [0.25, 0.3) is 0 Å². The summed E-state index contributed by atoms with van der Waals surface area (Å²) in [6.45, 7) is 7.91. The zero-order chi connectivity index (χ0) is 18.5. The number of hydrogen-bond acceptors (Lipinski definition) is 3. The number of nitrogens with zero attached hydrogens (tertiary/aromatic N) is 1. The monoisotopic (exact) mass is 373 g/mol. The van der Waals surface area contributed by atoms with Gasteiger partial charge in [0.2, 0.25) is 0 Å². The summed E-state index contributed by atoms with van der Waals surface area (Å²) in [5.41, 5.74) is 3.78. The Morgan fingerprint density at radius 1 is 1.27 bits per heavy atom. The minimum atomic E-state index is 0.722. The van der Waals surface area contributed by atoms with Gasteiger partial charge in [-0.05, 0) is 101 Å². The maximum atomic E-state index is 8.29. The van der Waals surface area contributed by atoms with Crippen molar-refractivity contribution in [3.8, 4) is 0 Å². The highest BCUT2D eigenvalue weighted by Crippen LogP contribution is 2.38. The van der Waals surface area contributed by atoms with Crippen molar-refractivity contribution >= 4 is 23.0 Å². The molecule has 26 heavy (non-hydrogen) atoms. The molecule has 0 spiro atoms. The Labute approximate surface area is 163 Å². The van der Waals surface area contributed by atoms with Crippen LogP contribution in [0.1, 0.15) is 51.0 Å². The van der Waals surface area contributed by atoms with E-state index >= 15 is 0 Å². The molecule has 1 aromatic rings. The third kappa shape index (κ3) is 5.34. The number of hydrogen-bond donors (Lipinski definition) is 2. The molecule has 2 fully saturated rings. The minimum Gasteiger partial charge on any atom is -0.359 e. The van der Waals surface area contributed by atoms with E-state index in [4.69, 9.17) is 17.0 Å². The number of likely N-dealkylation sites (tertiary alicyclic amines) is 1. The maximum absolute atomic E-state index is 8.29. The lowest BCUT2D eigenvalue weighted by Crippen LogP contribution is -2.37. The van der Waals surface area contributed by atoms with Crippen LogP contribution in [0.5, 0.6) is 0 Å². The average molecular weight is 374 g/mol. The third-order valence-corrected chi connectivity index (χ3v) is 6.36. The quantitative estimate of drug-likeness (QED) is 0.558. The largest absolute Gasteiger partial charge is 0.359 e. The first kappa shape index (κ1) is 19.4. The highest BCUT2D eigenvalue weighted by atomic mass is 35.5. The van der Waals surface area contributed by atoms with Crippen molar-refractivity contribution in [3.05, 3.63) is 40.6 Å². The van der Waals surface area contributed by atoms with E-state index in [9.17, 15) is 0 Å². The molecule has 1 aliphatic carbocycles. The molecule has 3 rings (SSSR count). The van der Waals surface area contributed by atoms with Crippen molar-refractivity contribution in [2.75, 3.05) is 25.0 Å². The molecule has 2 aliphatic rings. The molecule has 0 bridgehead atoms. The van der Waals surface area contributed by atoms with Crippen molar-refractivity contribution in [3.63, 3.8) is 0 Å². The van der Waals surface area contributed by atoms with Gasteiger partial charge < -0.3 is 15.6 Å². The second-order valence-corrected chi connectivity index (χ2v) is 8.49. The Hall–Kier alpha value is -1.32. The zero-order valence-electron chi connectivity index (χ0n) is 16.2. The van der Waals surface area contributed by atoms with Crippen molar-refractivity contribution in [1.82, 2.24) is 4.90 Å². The van der Waals surface area contributed by atoms with Crippen LogP contribution in [0.4, 0.5) is 5.69 Å². The van der Waals surface area contributed by atoms with Crippen LogP contribution >= 0.6 is 11.6 Å². The summed E-state index contributed by atoms with van der Waals surface area (Å²) in [6, 6.07) is 5.98. The van der Waals surface area contributed by atoms with E-state index in [0.717, 1.165) is 52.4 Å². The highest BCUT2D eigenvalue weighted by molar-refractivity contribution is 6.31. The number of allylic oxidation sites excluding steroid dienone is 2. The van der Waals surface area contributed by atoms with Gasteiger partial charge in [-0.25, -0.2) is 0 Å². The molecule has 1 aliphatic heterocycles. The molecule has 1 heterocycles. The first-order valence-corrected chi connectivity index (χ1v) is 10.4. The number of nitrogens with one attached hydrogen (secondary N) is 2. The highest BCUT2D eigenvalue weighted by Gasteiger charge is 2.32. The van der Waals surface area contributed by atoms with Crippen molar-refractivity contribution in [2.24, 2.45) is 11.8 Å². The van der Waals surface area contributed by atoms with Crippen molar-refractivity contribution < 1.29 is 0 Å². The summed E-state index contributed by atoms with van der Waals surface area (Å²) in [4.78, 5) is 2.64. The molecule has 2 atom stereocenters. The lowest BCUT2D eigenvalue weighted by molar-refractivity contribution is 0.116. The molecular weight excluding hydrogens is 342 g/mol. The summed E-state index contributed by atoms with van der Waals surface area (Å²) < 4.78 is 0. The minimum absolute atomic E-state index is 0.722. The second-order valence-electron chi connectivity index (χ2n) is 8.09. The molecule has 0 amide bonds. The third-order valence-electron chi connectivity index (χ3n) is 5.95. The van der Waals surface area contributed by atoms with Gasteiger partial charge in [0.1, 0.15) is 0 Å². The summed E-state index contributed by atoms with van der Waals surface area (Å²) in [7, 11) is 0. The second kappa shape index (κ2) is 9.05. The van der Waals surface area contributed by atoms with Crippen LogP contribution in [-0.2, 0) is 0 Å². The lowest BCUT2D eigenvalue weighted by Gasteiger charge is -2.39. The van der Waals surface area contributed by atoms with Crippen LogP contribution in [0, 0.1) is 24.2 Å². The van der Waals surface area contributed by atoms with Gasteiger partial charge in [-0.2, -0.15) is 0 Å². The van der Waals surface area contributed by atoms with Crippen LogP contribution < -0.4 is 5.32 Å². The van der Waals surface area contributed by atoms with Gasteiger partial charge in [-0.1, -0.05) is 17.7 Å². The molecule has 0 aromatic heterocycles. The normalized spacial score (nSPS) is 23.7. The fraction of sp³-hybridized carbons (Fsp3) is 0.591. The van der Waals surface area contributed by atoms with Gasteiger partial charge in [0.25, 0.3) is 0 Å². The number of halogens is 1. The zero-order valence-corrected chi connectivity index (χ0v) is 16.9. The number of rotatable bonds is 8. The Morgan fingerprint density at radius 2 is 2.00 bits per heavy atom. The lowest BCUT2D eigenvalue weighted by atomic mass is 9.71. The van der Waals surface area contributed by atoms with Crippen molar-refractivity contribution in [1.29, 1.82) is 5.41 Å². The number of aryl methyl sites for hydroxylation is 1. The Morgan fingerprint density at radius 3 is 2.65 bits per heavy atom.